The molecule has 0 unspecified atom stereocenters. The van der Waals surface area contributed by atoms with Crippen LogP contribution in [0.1, 0.15) is 19.8 Å². The molecule has 1 atom stereocenters. The highest BCUT2D eigenvalue weighted by Crippen LogP contribution is 2.27. The van der Waals surface area contributed by atoms with Gasteiger partial charge in [-0.2, -0.15) is 13.2 Å². The first kappa shape index (κ1) is 12.7. The number of esters is 1. The van der Waals surface area contributed by atoms with E-state index in [0.29, 0.717) is 6.42 Å². The number of alkyl halides is 4. The van der Waals surface area contributed by atoms with E-state index in [0.717, 1.165) is 6.42 Å². The van der Waals surface area contributed by atoms with Crippen LogP contribution in [-0.2, 0) is 9.53 Å². The van der Waals surface area contributed by atoms with Crippen molar-refractivity contribution in [3.8, 4) is 0 Å². The van der Waals surface area contributed by atoms with Crippen LogP contribution in [0.3, 0.4) is 0 Å². The molecule has 0 aliphatic rings. The van der Waals surface area contributed by atoms with Crippen molar-refractivity contribution in [3.63, 3.8) is 0 Å². The molecule has 0 amide bonds. The lowest BCUT2D eigenvalue weighted by Crippen LogP contribution is -2.32. The molecule has 0 heterocycles. The molecule has 0 aromatic heterocycles. The quantitative estimate of drug-likeness (QED) is 0.443. The molecule has 0 aromatic rings. The van der Waals surface area contributed by atoms with Crippen LogP contribution in [0.25, 0.3) is 0 Å². The zero-order chi connectivity index (χ0) is 10.5. The molecule has 0 bridgehead atoms. The molecular formula is C7H10BrF3O2. The van der Waals surface area contributed by atoms with Gasteiger partial charge in [-0.3, -0.25) is 4.79 Å². The van der Waals surface area contributed by atoms with Crippen molar-refractivity contribution < 1.29 is 22.7 Å². The van der Waals surface area contributed by atoms with Gasteiger partial charge < -0.3 is 4.74 Å². The number of unbranched alkanes of at least 4 members (excludes halogenated alkanes) is 1. The lowest BCUT2D eigenvalue weighted by Gasteiger charge is -2.12. The maximum absolute atomic E-state index is 11.9. The van der Waals surface area contributed by atoms with Gasteiger partial charge in [0.05, 0.1) is 6.61 Å². The van der Waals surface area contributed by atoms with Crippen molar-refractivity contribution in [3.05, 3.63) is 0 Å². The van der Waals surface area contributed by atoms with Crippen LogP contribution in [0.5, 0.6) is 0 Å². The number of ether oxygens (including phenoxy) is 1. The first-order valence-electron chi connectivity index (χ1n) is 3.77. The second-order valence-corrected chi connectivity index (χ2v) is 3.34. The van der Waals surface area contributed by atoms with Crippen LogP contribution in [-0.4, -0.2) is 23.6 Å². The molecule has 78 valence electrons. The SMILES string of the molecule is CCCCOC(=O)[C@H](Br)C(F)(F)F. The standard InChI is InChI=1S/C7H10BrF3O2/c1-2-3-4-13-6(12)5(8)7(9,10)11/h5H,2-4H2,1H3/t5-/m0/s1. The van der Waals surface area contributed by atoms with Crippen molar-refractivity contribution >= 4 is 21.9 Å². The van der Waals surface area contributed by atoms with Crippen molar-refractivity contribution in [2.45, 2.75) is 30.8 Å². The summed E-state index contributed by atoms with van der Waals surface area (Å²) in [4.78, 5) is 8.46. The van der Waals surface area contributed by atoms with Gasteiger partial charge in [-0.15, -0.1) is 0 Å². The van der Waals surface area contributed by atoms with Gasteiger partial charge in [-0.05, 0) is 6.42 Å². The summed E-state index contributed by atoms with van der Waals surface area (Å²) in [6.07, 6.45) is -3.24. The largest absolute Gasteiger partial charge is 0.465 e. The molecule has 0 spiro atoms. The zero-order valence-corrected chi connectivity index (χ0v) is 8.61. The molecule has 0 aliphatic carbocycles. The normalized spacial score (nSPS) is 13.9. The topological polar surface area (TPSA) is 26.3 Å². The van der Waals surface area contributed by atoms with E-state index in [9.17, 15) is 18.0 Å². The summed E-state index contributed by atoms with van der Waals surface area (Å²) in [6, 6.07) is 0. The molecule has 0 aliphatic heterocycles. The number of carbonyl (C=O) groups excluding carboxylic acids is 1. The Morgan fingerprint density at radius 3 is 2.46 bits per heavy atom. The van der Waals surface area contributed by atoms with Gasteiger partial charge in [0.2, 0.25) is 4.83 Å². The third-order valence-electron chi connectivity index (χ3n) is 1.24. The molecular weight excluding hydrogens is 253 g/mol. The van der Waals surface area contributed by atoms with Crippen molar-refractivity contribution in [1.82, 2.24) is 0 Å². The van der Waals surface area contributed by atoms with Gasteiger partial charge in [0.15, 0.2) is 0 Å². The molecule has 6 heteroatoms. The van der Waals surface area contributed by atoms with Crippen LogP contribution >= 0.6 is 15.9 Å². The minimum Gasteiger partial charge on any atom is -0.465 e. The lowest BCUT2D eigenvalue weighted by molar-refractivity contribution is -0.167. The average Bonchev–Trinajstić information content (AvgIpc) is 2.01. The van der Waals surface area contributed by atoms with Gasteiger partial charge in [0.1, 0.15) is 0 Å². The fourth-order valence-electron chi connectivity index (χ4n) is 0.524. The van der Waals surface area contributed by atoms with E-state index in [1.54, 1.807) is 0 Å². The van der Waals surface area contributed by atoms with Crippen molar-refractivity contribution in [1.29, 1.82) is 0 Å². The van der Waals surface area contributed by atoms with E-state index in [4.69, 9.17) is 0 Å². The summed E-state index contributed by atoms with van der Waals surface area (Å²) < 4.78 is 39.9. The molecule has 2 nitrogen and oxygen atoms in total. The van der Waals surface area contributed by atoms with Crippen molar-refractivity contribution in [2.24, 2.45) is 0 Å². The molecule has 0 N–H and O–H groups in total. The summed E-state index contributed by atoms with van der Waals surface area (Å²) in [7, 11) is 0. The first-order chi connectivity index (χ1) is 5.89. The van der Waals surface area contributed by atoms with Gasteiger partial charge in [-0.25, -0.2) is 0 Å². The van der Waals surface area contributed by atoms with Crippen LogP contribution in [0.15, 0.2) is 0 Å². The minimum atomic E-state index is -4.58. The fraction of sp³-hybridized carbons (Fsp3) is 0.857. The highest BCUT2D eigenvalue weighted by atomic mass is 79.9. The Bertz CT molecular complexity index is 170. The number of hydrogen-bond acceptors (Lipinski definition) is 2. The Balaban J connectivity index is 3.84. The monoisotopic (exact) mass is 262 g/mol. The van der Waals surface area contributed by atoms with E-state index in [1.807, 2.05) is 6.92 Å². The maximum atomic E-state index is 11.9. The van der Waals surface area contributed by atoms with Crippen LogP contribution in [0.2, 0.25) is 0 Å². The summed E-state index contributed by atoms with van der Waals surface area (Å²) in [5.41, 5.74) is 0. The van der Waals surface area contributed by atoms with Gasteiger partial charge in [-0.1, -0.05) is 29.3 Å². The second-order valence-electron chi connectivity index (χ2n) is 2.43. The molecule has 0 aromatic carbocycles. The number of hydrogen-bond donors (Lipinski definition) is 0. The molecule has 0 saturated carbocycles. The zero-order valence-electron chi connectivity index (χ0n) is 7.03. The van der Waals surface area contributed by atoms with Gasteiger partial charge >= 0.3 is 12.1 Å². The number of rotatable bonds is 4. The molecule has 0 fully saturated rings. The van der Waals surface area contributed by atoms with Gasteiger partial charge in [0.25, 0.3) is 0 Å². The van der Waals surface area contributed by atoms with E-state index in [-0.39, 0.29) is 6.61 Å². The minimum absolute atomic E-state index is 0.0352. The predicted molar refractivity (Wildman–Crippen MR) is 44.6 cm³/mol. The fourth-order valence-corrected chi connectivity index (χ4v) is 0.656. The molecule has 0 saturated heterocycles. The Morgan fingerprint density at radius 1 is 1.54 bits per heavy atom. The average molecular weight is 263 g/mol. The van der Waals surface area contributed by atoms with Crippen molar-refractivity contribution in [2.75, 3.05) is 6.61 Å². The van der Waals surface area contributed by atoms with E-state index in [1.165, 1.54) is 0 Å². The Kier molecular flexibility index (Phi) is 5.36. The van der Waals surface area contributed by atoms with E-state index in [2.05, 4.69) is 20.7 Å². The maximum Gasteiger partial charge on any atom is 0.411 e. The molecule has 13 heavy (non-hydrogen) atoms. The van der Waals surface area contributed by atoms with Crippen LogP contribution < -0.4 is 0 Å². The molecule has 0 radical (unpaired) electrons. The number of halogens is 4. The summed E-state index contributed by atoms with van der Waals surface area (Å²) in [5.74, 6) is -1.28. The summed E-state index contributed by atoms with van der Waals surface area (Å²) >= 11 is 2.22. The first-order valence-corrected chi connectivity index (χ1v) is 4.68. The third kappa shape index (κ3) is 5.13. The predicted octanol–water partition coefficient (Wildman–Crippen LogP) is 2.66. The summed E-state index contributed by atoms with van der Waals surface area (Å²) in [5, 5.41) is 0. The third-order valence-corrected chi connectivity index (χ3v) is 2.13. The van der Waals surface area contributed by atoms with E-state index >= 15 is 0 Å². The highest BCUT2D eigenvalue weighted by Gasteiger charge is 2.44. The smallest absolute Gasteiger partial charge is 0.411 e. The Labute approximate surface area is 82.6 Å². The van der Waals surface area contributed by atoms with Crippen LogP contribution in [0, 0.1) is 0 Å². The lowest BCUT2D eigenvalue weighted by atomic mass is 10.3. The Hall–Kier alpha value is -0.260. The van der Waals surface area contributed by atoms with E-state index < -0.39 is 17.0 Å². The Morgan fingerprint density at radius 2 is 2.08 bits per heavy atom. The number of carbonyl (C=O) groups is 1. The molecule has 0 rings (SSSR count). The highest BCUT2D eigenvalue weighted by molar-refractivity contribution is 9.10. The summed E-state index contributed by atoms with van der Waals surface area (Å²) in [6.45, 7) is 1.89. The second kappa shape index (κ2) is 5.47. The van der Waals surface area contributed by atoms with Gasteiger partial charge in [0, 0.05) is 0 Å². The van der Waals surface area contributed by atoms with Crippen LogP contribution in [0.4, 0.5) is 13.2 Å².